The van der Waals surface area contributed by atoms with Gasteiger partial charge in [0.1, 0.15) is 5.50 Å². The molecule has 14 heavy (non-hydrogen) atoms. The van der Waals surface area contributed by atoms with E-state index < -0.39 is 0 Å². The summed E-state index contributed by atoms with van der Waals surface area (Å²) in [5.41, 5.74) is 0.182. The standard InChI is InChI=1S/C9H18N4S/c1-4-10-5-2-7-8(3-6(5)11-4)13-9(14)12-7/h4-14H,2-3H2,1H3. The van der Waals surface area contributed by atoms with Gasteiger partial charge < -0.3 is 0 Å². The third-order valence-corrected chi connectivity index (χ3v) is 3.96. The van der Waals surface area contributed by atoms with Gasteiger partial charge in [-0.1, -0.05) is 0 Å². The predicted molar refractivity (Wildman–Crippen MR) is 59.2 cm³/mol. The van der Waals surface area contributed by atoms with Crippen LogP contribution in [0.1, 0.15) is 19.8 Å². The minimum absolute atomic E-state index is 0.182. The van der Waals surface area contributed by atoms with Crippen LogP contribution in [0.15, 0.2) is 0 Å². The number of thiol groups is 1. The first kappa shape index (κ1) is 9.42. The van der Waals surface area contributed by atoms with Crippen LogP contribution in [0.5, 0.6) is 0 Å². The average molecular weight is 214 g/mol. The third-order valence-electron chi connectivity index (χ3n) is 3.66. The van der Waals surface area contributed by atoms with Crippen LogP contribution < -0.4 is 21.3 Å². The molecule has 2 heterocycles. The Labute approximate surface area is 90.0 Å². The summed E-state index contributed by atoms with van der Waals surface area (Å²) in [6, 6.07) is 2.47. The number of nitrogens with one attached hydrogen (secondary N) is 4. The fraction of sp³-hybridized carbons (Fsp3) is 1.00. The lowest BCUT2D eigenvalue weighted by Gasteiger charge is -2.33. The van der Waals surface area contributed by atoms with Crippen molar-refractivity contribution < 1.29 is 0 Å². The van der Waals surface area contributed by atoms with Crippen LogP contribution in [0.2, 0.25) is 0 Å². The number of hydrogen-bond acceptors (Lipinski definition) is 5. The molecule has 0 amide bonds. The van der Waals surface area contributed by atoms with Crippen LogP contribution in [0.4, 0.5) is 0 Å². The molecule has 4 nitrogen and oxygen atoms in total. The largest absolute Gasteiger partial charge is 0.298 e. The van der Waals surface area contributed by atoms with Crippen molar-refractivity contribution in [2.75, 3.05) is 0 Å². The van der Waals surface area contributed by atoms with Crippen molar-refractivity contribution in [3.63, 3.8) is 0 Å². The van der Waals surface area contributed by atoms with E-state index in [0.717, 1.165) is 0 Å². The highest BCUT2D eigenvalue weighted by Gasteiger charge is 2.44. The number of hydrogen-bond donors (Lipinski definition) is 5. The molecule has 0 aromatic rings. The highest BCUT2D eigenvalue weighted by Crippen LogP contribution is 2.27. The fourth-order valence-electron chi connectivity index (χ4n) is 3.09. The molecule has 4 unspecified atom stereocenters. The Morgan fingerprint density at radius 2 is 1.29 bits per heavy atom. The molecule has 5 heteroatoms. The maximum atomic E-state index is 4.41. The second kappa shape index (κ2) is 3.35. The molecule has 80 valence electrons. The number of rotatable bonds is 0. The summed E-state index contributed by atoms with van der Waals surface area (Å²) in [4.78, 5) is 0. The zero-order valence-corrected chi connectivity index (χ0v) is 9.22. The van der Waals surface area contributed by atoms with Gasteiger partial charge in [0.25, 0.3) is 0 Å². The maximum Gasteiger partial charge on any atom is 0.103 e. The Morgan fingerprint density at radius 3 is 1.79 bits per heavy atom. The number of fused-ring (bicyclic) bond motifs is 2. The Kier molecular flexibility index (Phi) is 2.25. The lowest BCUT2D eigenvalue weighted by Crippen LogP contribution is -2.51. The lowest BCUT2D eigenvalue weighted by atomic mass is 9.85. The molecule has 1 saturated carbocycles. The molecule has 0 bridgehead atoms. The van der Waals surface area contributed by atoms with E-state index >= 15 is 0 Å². The second-order valence-electron chi connectivity index (χ2n) is 4.69. The van der Waals surface area contributed by atoms with E-state index in [0.29, 0.717) is 30.3 Å². The zero-order chi connectivity index (χ0) is 9.71. The first-order valence-corrected chi connectivity index (χ1v) is 5.96. The topological polar surface area (TPSA) is 48.1 Å². The van der Waals surface area contributed by atoms with Crippen LogP contribution in [-0.4, -0.2) is 35.8 Å². The van der Waals surface area contributed by atoms with Gasteiger partial charge in [0.15, 0.2) is 0 Å². The van der Waals surface area contributed by atoms with Gasteiger partial charge in [0.2, 0.25) is 0 Å². The summed E-state index contributed by atoms with van der Waals surface area (Å²) in [7, 11) is 0. The van der Waals surface area contributed by atoms with Crippen LogP contribution in [-0.2, 0) is 0 Å². The van der Waals surface area contributed by atoms with E-state index in [1.54, 1.807) is 0 Å². The molecule has 2 saturated heterocycles. The van der Waals surface area contributed by atoms with E-state index in [4.69, 9.17) is 0 Å². The normalized spacial score (nSPS) is 57.0. The van der Waals surface area contributed by atoms with Crippen molar-refractivity contribution >= 4 is 12.6 Å². The van der Waals surface area contributed by atoms with Gasteiger partial charge in [-0.15, -0.1) is 12.6 Å². The molecule has 2 aliphatic heterocycles. The summed E-state index contributed by atoms with van der Waals surface area (Å²) in [6.07, 6.45) is 2.88. The zero-order valence-electron chi connectivity index (χ0n) is 8.33. The highest BCUT2D eigenvalue weighted by molar-refractivity contribution is 7.80. The van der Waals surface area contributed by atoms with Crippen LogP contribution in [0, 0.1) is 0 Å². The first-order valence-electron chi connectivity index (χ1n) is 5.44. The molecule has 0 aromatic carbocycles. The summed E-state index contributed by atoms with van der Waals surface area (Å²) in [6.45, 7) is 2.19. The van der Waals surface area contributed by atoms with Gasteiger partial charge in [0, 0.05) is 24.2 Å². The van der Waals surface area contributed by atoms with Crippen molar-refractivity contribution in [3.05, 3.63) is 0 Å². The van der Waals surface area contributed by atoms with Crippen LogP contribution in [0.25, 0.3) is 0 Å². The van der Waals surface area contributed by atoms with Gasteiger partial charge in [0.05, 0.1) is 6.17 Å². The van der Waals surface area contributed by atoms with Crippen molar-refractivity contribution in [1.82, 2.24) is 21.3 Å². The molecular weight excluding hydrogens is 196 g/mol. The molecule has 3 aliphatic rings. The van der Waals surface area contributed by atoms with E-state index in [-0.39, 0.29) is 5.50 Å². The molecule has 3 fully saturated rings. The summed E-state index contributed by atoms with van der Waals surface area (Å²) in [5, 5.41) is 14.1. The van der Waals surface area contributed by atoms with Gasteiger partial charge >= 0.3 is 0 Å². The summed E-state index contributed by atoms with van der Waals surface area (Å²) in [5.74, 6) is 0. The molecule has 0 radical (unpaired) electrons. The molecule has 4 N–H and O–H groups in total. The Bertz CT molecular complexity index is 193. The smallest absolute Gasteiger partial charge is 0.103 e. The summed E-state index contributed by atoms with van der Waals surface area (Å²) < 4.78 is 0. The fourth-order valence-corrected chi connectivity index (χ4v) is 3.47. The van der Waals surface area contributed by atoms with Crippen LogP contribution >= 0.6 is 12.6 Å². The summed E-state index contributed by atoms with van der Waals surface area (Å²) >= 11 is 4.41. The second-order valence-corrected chi connectivity index (χ2v) is 5.20. The van der Waals surface area contributed by atoms with Crippen molar-refractivity contribution in [2.45, 2.75) is 55.6 Å². The minimum atomic E-state index is 0.182. The predicted octanol–water partition coefficient (Wildman–Crippen LogP) is -0.800. The molecule has 0 spiro atoms. The monoisotopic (exact) mass is 214 g/mol. The van der Waals surface area contributed by atoms with E-state index in [1.165, 1.54) is 12.8 Å². The molecule has 4 atom stereocenters. The van der Waals surface area contributed by atoms with Gasteiger partial charge in [-0.3, -0.25) is 21.3 Å². The molecule has 3 rings (SSSR count). The maximum absolute atomic E-state index is 4.41. The van der Waals surface area contributed by atoms with Crippen molar-refractivity contribution in [1.29, 1.82) is 0 Å². The van der Waals surface area contributed by atoms with Gasteiger partial charge in [-0.2, -0.15) is 0 Å². The van der Waals surface area contributed by atoms with Crippen LogP contribution in [0.3, 0.4) is 0 Å². The lowest BCUT2D eigenvalue weighted by molar-refractivity contribution is 0.295. The van der Waals surface area contributed by atoms with E-state index in [1.807, 2.05) is 0 Å². The first-order chi connectivity index (χ1) is 6.72. The van der Waals surface area contributed by atoms with Crippen molar-refractivity contribution in [2.24, 2.45) is 0 Å². The highest BCUT2D eigenvalue weighted by atomic mass is 32.1. The average Bonchev–Trinajstić information content (AvgIpc) is 2.59. The van der Waals surface area contributed by atoms with E-state index in [2.05, 4.69) is 40.8 Å². The third kappa shape index (κ3) is 1.47. The molecular formula is C9H18N4S. The van der Waals surface area contributed by atoms with Gasteiger partial charge in [-0.25, -0.2) is 0 Å². The quantitative estimate of drug-likeness (QED) is 0.343. The Balaban J connectivity index is 1.71. The molecule has 1 aliphatic carbocycles. The van der Waals surface area contributed by atoms with Gasteiger partial charge in [-0.05, 0) is 19.8 Å². The molecule has 0 aromatic heterocycles. The Morgan fingerprint density at radius 1 is 0.857 bits per heavy atom. The Hall–Kier alpha value is 0.190. The SMILES string of the molecule is CC1NC2CC3NC(S)NC3CC2N1. The van der Waals surface area contributed by atoms with E-state index in [9.17, 15) is 0 Å². The van der Waals surface area contributed by atoms with Crippen molar-refractivity contribution in [3.8, 4) is 0 Å². The minimum Gasteiger partial charge on any atom is -0.298 e.